The Bertz CT molecular complexity index is 543. The summed E-state index contributed by atoms with van der Waals surface area (Å²) in [6, 6.07) is 3.17. The minimum atomic E-state index is -0.657. The molecular formula is C15H19NO5. The van der Waals surface area contributed by atoms with E-state index in [1.165, 1.54) is 4.90 Å². The summed E-state index contributed by atoms with van der Waals surface area (Å²) in [5, 5.41) is 9.15. The topological polar surface area (TPSA) is 76.1 Å². The van der Waals surface area contributed by atoms with Crippen LogP contribution in [0.4, 0.5) is 5.69 Å². The summed E-state index contributed by atoms with van der Waals surface area (Å²) in [4.78, 5) is 24.7. The van der Waals surface area contributed by atoms with Gasteiger partial charge in [-0.25, -0.2) is 0 Å². The second-order valence-electron chi connectivity index (χ2n) is 4.81. The predicted octanol–water partition coefficient (Wildman–Crippen LogP) is 1.39. The molecule has 1 heterocycles. The Morgan fingerprint density at radius 2 is 2.24 bits per heavy atom. The lowest BCUT2D eigenvalue weighted by Crippen LogP contribution is -2.45. The molecule has 0 spiro atoms. The van der Waals surface area contributed by atoms with Crippen LogP contribution in [0.1, 0.15) is 30.6 Å². The molecule has 1 aliphatic heterocycles. The molecule has 0 aromatic heterocycles. The first-order valence-corrected chi connectivity index (χ1v) is 6.97. The number of β-amino-alcohol motifs (C(OH)–C–C–N with tert-alkyl or cyclic N) is 1. The van der Waals surface area contributed by atoms with Gasteiger partial charge in [0.1, 0.15) is 6.29 Å². The van der Waals surface area contributed by atoms with Crippen LogP contribution in [0.25, 0.3) is 0 Å². The van der Waals surface area contributed by atoms with Gasteiger partial charge in [-0.3, -0.25) is 9.59 Å². The maximum atomic E-state index is 12.2. The largest absolute Gasteiger partial charge is 0.490 e. The van der Waals surface area contributed by atoms with Gasteiger partial charge >= 0.3 is 0 Å². The number of ether oxygens (including phenoxy) is 2. The Kier molecular flexibility index (Phi) is 4.80. The molecule has 1 aromatic rings. The van der Waals surface area contributed by atoms with E-state index in [-0.39, 0.29) is 19.1 Å². The molecule has 6 nitrogen and oxygen atoms in total. The minimum Gasteiger partial charge on any atom is -0.490 e. The lowest BCUT2D eigenvalue weighted by molar-refractivity contribution is -0.125. The molecule has 0 aliphatic carbocycles. The highest BCUT2D eigenvalue weighted by Crippen LogP contribution is 2.42. The van der Waals surface area contributed by atoms with Crippen molar-refractivity contribution in [1.82, 2.24) is 0 Å². The van der Waals surface area contributed by atoms with E-state index in [0.29, 0.717) is 35.6 Å². The van der Waals surface area contributed by atoms with Crippen LogP contribution in [-0.4, -0.2) is 43.2 Å². The highest BCUT2D eigenvalue weighted by Gasteiger charge is 2.33. The quantitative estimate of drug-likeness (QED) is 0.802. The highest BCUT2D eigenvalue weighted by molar-refractivity contribution is 6.01. The van der Waals surface area contributed by atoms with Crippen molar-refractivity contribution in [2.24, 2.45) is 0 Å². The van der Waals surface area contributed by atoms with Crippen LogP contribution >= 0.6 is 0 Å². The zero-order valence-corrected chi connectivity index (χ0v) is 12.2. The number of aliphatic hydroxyl groups excluding tert-OH is 1. The molecule has 0 saturated carbocycles. The number of hydrogen-bond acceptors (Lipinski definition) is 5. The number of nitrogens with zero attached hydrogens (tertiary/aromatic N) is 1. The summed E-state index contributed by atoms with van der Waals surface area (Å²) in [6.07, 6.45) is 0.850. The molecule has 1 aromatic carbocycles. The number of fused-ring (bicyclic) bond motifs is 1. The van der Waals surface area contributed by atoms with Gasteiger partial charge in [0.15, 0.2) is 17.6 Å². The molecule has 2 rings (SSSR count). The summed E-state index contributed by atoms with van der Waals surface area (Å²) in [5.74, 6) is 0.634. The van der Waals surface area contributed by atoms with Crippen molar-refractivity contribution in [2.45, 2.75) is 26.4 Å². The molecule has 1 unspecified atom stereocenters. The van der Waals surface area contributed by atoms with Gasteiger partial charge in [-0.05, 0) is 25.5 Å². The van der Waals surface area contributed by atoms with E-state index in [1.807, 2.05) is 6.92 Å². The first-order valence-electron chi connectivity index (χ1n) is 6.97. The van der Waals surface area contributed by atoms with Crippen molar-refractivity contribution in [3.8, 4) is 11.5 Å². The normalized spacial score (nSPS) is 17.2. The van der Waals surface area contributed by atoms with Gasteiger partial charge in [0, 0.05) is 12.1 Å². The van der Waals surface area contributed by atoms with Crippen LogP contribution in [0, 0.1) is 0 Å². The number of hydrogen-bond donors (Lipinski definition) is 1. The standard InChI is InChI=1S/C15H19NO5/c1-3-6-20-13-8-11(9-18)7-12-14(13)21-10(2)15(19)16(12)4-5-17/h7-10,17H,3-6H2,1-2H3. The number of amides is 1. The van der Waals surface area contributed by atoms with Crippen LogP contribution in [0.15, 0.2) is 12.1 Å². The molecule has 6 heteroatoms. The Balaban J connectivity index is 2.51. The summed E-state index contributed by atoms with van der Waals surface area (Å²) in [7, 11) is 0. The summed E-state index contributed by atoms with van der Waals surface area (Å²) >= 11 is 0. The number of carbonyl (C=O) groups is 2. The highest BCUT2D eigenvalue weighted by atomic mass is 16.5. The molecule has 0 bridgehead atoms. The van der Waals surface area contributed by atoms with Gasteiger partial charge in [-0.15, -0.1) is 0 Å². The summed E-state index contributed by atoms with van der Waals surface area (Å²) in [5.41, 5.74) is 0.858. The SMILES string of the molecule is CCCOc1cc(C=O)cc2c1OC(C)C(=O)N2CCO. The van der Waals surface area contributed by atoms with Gasteiger partial charge < -0.3 is 19.5 Å². The summed E-state index contributed by atoms with van der Waals surface area (Å²) in [6.45, 7) is 4.08. The van der Waals surface area contributed by atoms with E-state index in [0.717, 1.165) is 6.42 Å². The van der Waals surface area contributed by atoms with E-state index in [9.17, 15) is 9.59 Å². The van der Waals surface area contributed by atoms with Crippen molar-refractivity contribution in [3.63, 3.8) is 0 Å². The molecule has 21 heavy (non-hydrogen) atoms. The van der Waals surface area contributed by atoms with E-state index in [1.54, 1.807) is 19.1 Å². The van der Waals surface area contributed by atoms with Crippen LogP contribution in [-0.2, 0) is 4.79 Å². The van der Waals surface area contributed by atoms with E-state index in [4.69, 9.17) is 14.6 Å². The van der Waals surface area contributed by atoms with Crippen molar-refractivity contribution in [1.29, 1.82) is 0 Å². The first-order chi connectivity index (χ1) is 10.1. The maximum Gasteiger partial charge on any atom is 0.267 e. The molecule has 114 valence electrons. The zero-order valence-electron chi connectivity index (χ0n) is 12.2. The predicted molar refractivity (Wildman–Crippen MR) is 77.1 cm³/mol. The number of aldehydes is 1. The molecular weight excluding hydrogens is 274 g/mol. The second-order valence-corrected chi connectivity index (χ2v) is 4.81. The number of rotatable bonds is 6. The molecule has 1 atom stereocenters. The molecule has 0 saturated heterocycles. The van der Waals surface area contributed by atoms with E-state index >= 15 is 0 Å². The zero-order chi connectivity index (χ0) is 15.4. The molecule has 1 N–H and O–H groups in total. The minimum absolute atomic E-state index is 0.148. The van der Waals surface area contributed by atoms with E-state index in [2.05, 4.69) is 0 Å². The van der Waals surface area contributed by atoms with Gasteiger partial charge in [-0.1, -0.05) is 6.92 Å². The smallest absolute Gasteiger partial charge is 0.267 e. The fourth-order valence-corrected chi connectivity index (χ4v) is 2.21. The molecule has 0 fully saturated rings. The van der Waals surface area contributed by atoms with Crippen molar-refractivity contribution in [3.05, 3.63) is 17.7 Å². The number of carbonyl (C=O) groups excluding carboxylic acids is 2. The first kappa shape index (κ1) is 15.3. The Hall–Kier alpha value is -2.08. The Morgan fingerprint density at radius 1 is 1.48 bits per heavy atom. The average molecular weight is 293 g/mol. The van der Waals surface area contributed by atoms with Gasteiger partial charge in [0.05, 0.1) is 18.9 Å². The maximum absolute atomic E-state index is 12.2. The van der Waals surface area contributed by atoms with Gasteiger partial charge in [-0.2, -0.15) is 0 Å². The van der Waals surface area contributed by atoms with Crippen LogP contribution < -0.4 is 14.4 Å². The number of anilines is 1. The second kappa shape index (κ2) is 6.58. The van der Waals surface area contributed by atoms with Gasteiger partial charge in [0.25, 0.3) is 5.91 Å². The fraction of sp³-hybridized carbons (Fsp3) is 0.467. The molecule has 0 radical (unpaired) electrons. The Morgan fingerprint density at radius 3 is 2.86 bits per heavy atom. The number of aliphatic hydroxyl groups is 1. The fourth-order valence-electron chi connectivity index (χ4n) is 2.21. The molecule has 1 amide bonds. The van der Waals surface area contributed by atoms with Crippen LogP contribution in [0.2, 0.25) is 0 Å². The number of benzene rings is 1. The molecule has 1 aliphatic rings. The Labute approximate surface area is 123 Å². The van der Waals surface area contributed by atoms with Crippen LogP contribution in [0.5, 0.6) is 11.5 Å². The summed E-state index contributed by atoms with van der Waals surface area (Å²) < 4.78 is 11.3. The lowest BCUT2D eigenvalue weighted by atomic mass is 10.1. The van der Waals surface area contributed by atoms with E-state index < -0.39 is 6.10 Å². The third-order valence-corrected chi connectivity index (χ3v) is 3.18. The van der Waals surface area contributed by atoms with Gasteiger partial charge in [0.2, 0.25) is 0 Å². The van der Waals surface area contributed by atoms with Crippen molar-refractivity contribution >= 4 is 17.9 Å². The monoisotopic (exact) mass is 293 g/mol. The third-order valence-electron chi connectivity index (χ3n) is 3.18. The van der Waals surface area contributed by atoms with Crippen molar-refractivity contribution in [2.75, 3.05) is 24.7 Å². The van der Waals surface area contributed by atoms with Crippen LogP contribution in [0.3, 0.4) is 0 Å². The average Bonchev–Trinajstić information content (AvgIpc) is 2.49. The lowest BCUT2D eigenvalue weighted by Gasteiger charge is -2.33. The van der Waals surface area contributed by atoms with Crippen molar-refractivity contribution < 1.29 is 24.2 Å². The third kappa shape index (κ3) is 3.00.